The number of thiophene rings is 1. The van der Waals surface area contributed by atoms with Gasteiger partial charge >= 0.3 is 5.97 Å². The summed E-state index contributed by atoms with van der Waals surface area (Å²) in [6.45, 7) is 7.98. The average molecular weight is 349 g/mol. The molecule has 0 radical (unpaired) electrons. The van der Waals surface area contributed by atoms with Crippen LogP contribution in [0.15, 0.2) is 4.79 Å². The van der Waals surface area contributed by atoms with E-state index in [1.54, 1.807) is 13.8 Å². The number of ether oxygens (including phenoxy) is 1. The highest BCUT2D eigenvalue weighted by Gasteiger charge is 2.24. The van der Waals surface area contributed by atoms with Crippen LogP contribution in [-0.4, -0.2) is 40.5 Å². The molecule has 0 aliphatic carbocycles. The number of aromatic amines is 1. The second-order valence-corrected chi connectivity index (χ2v) is 7.18. The van der Waals surface area contributed by atoms with Crippen LogP contribution >= 0.6 is 11.3 Å². The van der Waals surface area contributed by atoms with Crippen molar-refractivity contribution in [2.45, 2.75) is 46.1 Å². The van der Waals surface area contributed by atoms with Crippen LogP contribution in [0, 0.1) is 6.92 Å². The molecule has 2 aromatic rings. The molecule has 1 N–H and O–H groups in total. The van der Waals surface area contributed by atoms with Gasteiger partial charge in [-0.3, -0.25) is 9.69 Å². The Morgan fingerprint density at radius 3 is 2.75 bits per heavy atom. The lowest BCUT2D eigenvalue weighted by molar-refractivity contribution is 0.0531. The Kier molecular flexibility index (Phi) is 5.01. The Bertz CT molecular complexity index is 805. The number of nitrogens with zero attached hydrogens (tertiary/aromatic N) is 2. The Morgan fingerprint density at radius 1 is 1.38 bits per heavy atom. The lowest BCUT2D eigenvalue weighted by Gasteiger charge is -2.31. The number of hydrogen-bond donors (Lipinski definition) is 1. The highest BCUT2D eigenvalue weighted by Crippen LogP contribution is 2.29. The standard InChI is InChI=1S/C17H23N3O3S/c1-4-23-17(22)13-10(2)12-15(21)18-14(19-16(12)24-13)11(3)20-8-6-5-7-9-20/h11H,4-9H2,1-3H3,(H,18,19,21). The first-order valence-corrected chi connectivity index (χ1v) is 9.29. The van der Waals surface area contributed by atoms with Crippen molar-refractivity contribution < 1.29 is 9.53 Å². The summed E-state index contributed by atoms with van der Waals surface area (Å²) in [7, 11) is 0. The van der Waals surface area contributed by atoms with Crippen LogP contribution in [0.2, 0.25) is 0 Å². The van der Waals surface area contributed by atoms with Gasteiger partial charge < -0.3 is 9.72 Å². The lowest BCUT2D eigenvalue weighted by Crippen LogP contribution is -2.34. The predicted molar refractivity (Wildman–Crippen MR) is 94.8 cm³/mol. The van der Waals surface area contributed by atoms with Crippen molar-refractivity contribution in [1.29, 1.82) is 0 Å². The number of fused-ring (bicyclic) bond motifs is 1. The summed E-state index contributed by atoms with van der Waals surface area (Å²) in [5.41, 5.74) is 0.475. The fraction of sp³-hybridized carbons (Fsp3) is 0.588. The molecule has 1 saturated heterocycles. The first kappa shape index (κ1) is 17.1. The van der Waals surface area contributed by atoms with E-state index in [1.165, 1.54) is 30.6 Å². The summed E-state index contributed by atoms with van der Waals surface area (Å²) in [5, 5.41) is 0.498. The third kappa shape index (κ3) is 3.10. The van der Waals surface area contributed by atoms with Crippen LogP contribution < -0.4 is 5.56 Å². The number of rotatable bonds is 4. The zero-order valence-corrected chi connectivity index (χ0v) is 15.2. The molecule has 1 fully saturated rings. The van der Waals surface area contributed by atoms with Gasteiger partial charge in [0, 0.05) is 0 Å². The van der Waals surface area contributed by atoms with E-state index < -0.39 is 0 Å². The Balaban J connectivity index is 2.00. The number of esters is 1. The van der Waals surface area contributed by atoms with Crippen molar-refractivity contribution in [3.63, 3.8) is 0 Å². The van der Waals surface area contributed by atoms with Crippen molar-refractivity contribution in [1.82, 2.24) is 14.9 Å². The van der Waals surface area contributed by atoms with Crippen LogP contribution in [0.1, 0.15) is 60.2 Å². The van der Waals surface area contributed by atoms with Crippen molar-refractivity contribution in [3.8, 4) is 0 Å². The normalized spacial score (nSPS) is 17.1. The molecule has 0 bridgehead atoms. The Morgan fingerprint density at radius 2 is 2.08 bits per heavy atom. The summed E-state index contributed by atoms with van der Waals surface area (Å²) in [6, 6.07) is 0.0656. The second-order valence-electron chi connectivity index (χ2n) is 6.18. The monoisotopic (exact) mass is 349 g/mol. The summed E-state index contributed by atoms with van der Waals surface area (Å²) >= 11 is 1.24. The number of carbonyl (C=O) groups is 1. The fourth-order valence-corrected chi connectivity index (χ4v) is 4.31. The molecule has 0 saturated carbocycles. The highest BCUT2D eigenvalue weighted by atomic mass is 32.1. The molecule has 1 atom stereocenters. The Labute approximate surface area is 144 Å². The van der Waals surface area contributed by atoms with Gasteiger partial charge in [0.15, 0.2) is 0 Å². The fourth-order valence-electron chi connectivity index (χ4n) is 3.23. The Hall–Kier alpha value is -1.73. The number of aromatic nitrogens is 2. The molecular weight excluding hydrogens is 326 g/mol. The summed E-state index contributed by atoms with van der Waals surface area (Å²) < 4.78 is 5.07. The average Bonchev–Trinajstić information content (AvgIpc) is 2.92. The number of nitrogens with one attached hydrogen (secondary N) is 1. The summed E-state index contributed by atoms with van der Waals surface area (Å²) in [6.07, 6.45) is 3.63. The molecule has 130 valence electrons. The second kappa shape index (κ2) is 7.03. The number of carbonyl (C=O) groups excluding carboxylic acids is 1. The number of H-pyrrole nitrogens is 1. The zero-order chi connectivity index (χ0) is 17.3. The van der Waals surface area contributed by atoms with E-state index in [0.717, 1.165) is 13.1 Å². The van der Waals surface area contributed by atoms with E-state index >= 15 is 0 Å². The molecule has 2 aromatic heterocycles. The number of aryl methyl sites for hydroxylation is 1. The van der Waals surface area contributed by atoms with E-state index in [2.05, 4.69) is 21.8 Å². The zero-order valence-electron chi connectivity index (χ0n) is 14.3. The number of likely N-dealkylation sites (tertiary alicyclic amines) is 1. The first-order valence-electron chi connectivity index (χ1n) is 8.47. The quantitative estimate of drug-likeness (QED) is 0.859. The van der Waals surface area contributed by atoms with Gasteiger partial charge in [-0.15, -0.1) is 11.3 Å². The van der Waals surface area contributed by atoms with Gasteiger partial charge in [0.2, 0.25) is 0 Å². The molecule has 3 rings (SSSR count). The van der Waals surface area contributed by atoms with E-state index in [1.807, 2.05) is 0 Å². The molecule has 1 aliphatic rings. The SMILES string of the molecule is CCOC(=O)c1sc2nc(C(C)N3CCCCC3)[nH]c(=O)c2c1C. The first-order chi connectivity index (χ1) is 11.5. The van der Waals surface area contributed by atoms with Gasteiger partial charge in [-0.05, 0) is 52.3 Å². The lowest BCUT2D eigenvalue weighted by atomic mass is 10.1. The number of hydrogen-bond acceptors (Lipinski definition) is 6. The highest BCUT2D eigenvalue weighted by molar-refractivity contribution is 7.20. The number of piperidine rings is 1. The molecular formula is C17H23N3O3S. The molecule has 1 unspecified atom stereocenters. The van der Waals surface area contributed by atoms with Crippen LogP contribution in [0.3, 0.4) is 0 Å². The van der Waals surface area contributed by atoms with Gasteiger partial charge in [0.05, 0.1) is 18.0 Å². The van der Waals surface area contributed by atoms with Gasteiger partial charge in [0.1, 0.15) is 15.5 Å². The van der Waals surface area contributed by atoms with Crippen LogP contribution in [0.5, 0.6) is 0 Å². The van der Waals surface area contributed by atoms with Crippen LogP contribution in [0.25, 0.3) is 10.2 Å². The molecule has 7 heteroatoms. The van der Waals surface area contributed by atoms with E-state index in [-0.39, 0.29) is 17.6 Å². The smallest absolute Gasteiger partial charge is 0.348 e. The third-order valence-electron chi connectivity index (χ3n) is 4.61. The van der Waals surface area contributed by atoms with E-state index in [0.29, 0.717) is 33.1 Å². The van der Waals surface area contributed by atoms with Gasteiger partial charge in [-0.1, -0.05) is 6.42 Å². The van der Waals surface area contributed by atoms with Gasteiger partial charge in [-0.2, -0.15) is 0 Å². The molecule has 0 spiro atoms. The molecule has 0 amide bonds. The predicted octanol–water partition coefficient (Wildman–Crippen LogP) is 3.02. The maximum absolute atomic E-state index is 12.5. The van der Waals surface area contributed by atoms with Gasteiger partial charge in [0.25, 0.3) is 5.56 Å². The van der Waals surface area contributed by atoms with Gasteiger partial charge in [-0.25, -0.2) is 9.78 Å². The molecule has 3 heterocycles. The largest absolute Gasteiger partial charge is 0.462 e. The molecule has 6 nitrogen and oxygen atoms in total. The van der Waals surface area contributed by atoms with E-state index in [4.69, 9.17) is 4.74 Å². The minimum Gasteiger partial charge on any atom is -0.462 e. The third-order valence-corrected chi connectivity index (χ3v) is 5.78. The molecule has 1 aliphatic heterocycles. The summed E-state index contributed by atoms with van der Waals surface area (Å²) in [5.74, 6) is 0.286. The van der Waals surface area contributed by atoms with E-state index in [9.17, 15) is 9.59 Å². The van der Waals surface area contributed by atoms with Crippen molar-refractivity contribution in [3.05, 3.63) is 26.6 Å². The maximum atomic E-state index is 12.5. The summed E-state index contributed by atoms with van der Waals surface area (Å²) in [4.78, 5) is 35.6. The molecule has 0 aromatic carbocycles. The molecule has 24 heavy (non-hydrogen) atoms. The maximum Gasteiger partial charge on any atom is 0.348 e. The van der Waals surface area contributed by atoms with Crippen molar-refractivity contribution >= 4 is 27.5 Å². The van der Waals surface area contributed by atoms with Crippen molar-refractivity contribution in [2.75, 3.05) is 19.7 Å². The minimum absolute atomic E-state index is 0.0656. The van der Waals surface area contributed by atoms with Crippen molar-refractivity contribution in [2.24, 2.45) is 0 Å². The topological polar surface area (TPSA) is 75.3 Å². The minimum atomic E-state index is -0.386. The van der Waals surface area contributed by atoms with Crippen LogP contribution in [0.4, 0.5) is 0 Å². The van der Waals surface area contributed by atoms with Crippen LogP contribution in [-0.2, 0) is 4.74 Å².